The highest BCUT2D eigenvalue weighted by molar-refractivity contribution is 5.71. The second-order valence-electron chi connectivity index (χ2n) is 5.55. The number of carboxylic acids is 1. The number of aliphatic carboxylic acids is 1. The van der Waals surface area contributed by atoms with Crippen LogP contribution in [-0.4, -0.2) is 48.3 Å². The van der Waals surface area contributed by atoms with Crippen molar-refractivity contribution >= 4 is 5.97 Å². The molecule has 0 aromatic carbocycles. The van der Waals surface area contributed by atoms with Crippen molar-refractivity contribution in [1.29, 1.82) is 0 Å². The van der Waals surface area contributed by atoms with Crippen LogP contribution in [0.2, 0.25) is 0 Å². The Morgan fingerprint density at radius 1 is 1.50 bits per heavy atom. The van der Waals surface area contributed by atoms with Gasteiger partial charge in [-0.15, -0.1) is 0 Å². The second-order valence-corrected chi connectivity index (χ2v) is 5.55. The molecule has 2 aliphatic rings. The van der Waals surface area contributed by atoms with Crippen molar-refractivity contribution in [3.05, 3.63) is 0 Å². The quantitative estimate of drug-likeness (QED) is 0.784. The van der Waals surface area contributed by atoms with Crippen LogP contribution in [0.15, 0.2) is 0 Å². The Morgan fingerprint density at radius 2 is 2.12 bits per heavy atom. The molecule has 0 bridgehead atoms. The van der Waals surface area contributed by atoms with Crippen LogP contribution in [0.4, 0.5) is 0 Å². The molecule has 1 saturated heterocycles. The molecule has 0 aromatic heterocycles. The summed E-state index contributed by atoms with van der Waals surface area (Å²) in [5, 5.41) is 9.13. The zero-order valence-corrected chi connectivity index (χ0v) is 10.3. The summed E-state index contributed by atoms with van der Waals surface area (Å²) in [7, 11) is 2.03. The van der Waals surface area contributed by atoms with E-state index in [-0.39, 0.29) is 12.0 Å². The number of likely N-dealkylation sites (N-methyl/N-ethyl adjacent to an activating group) is 1. The molecule has 4 heteroatoms. The van der Waals surface area contributed by atoms with Crippen LogP contribution in [-0.2, 0) is 9.53 Å². The lowest BCUT2D eigenvalue weighted by atomic mass is 9.94. The van der Waals surface area contributed by atoms with Crippen molar-refractivity contribution in [2.24, 2.45) is 11.3 Å². The monoisotopic (exact) mass is 227 g/mol. The smallest absolute Gasteiger partial charge is 0.310 e. The van der Waals surface area contributed by atoms with E-state index in [0.717, 1.165) is 0 Å². The number of ether oxygens (including phenoxy) is 1. The van der Waals surface area contributed by atoms with E-state index in [1.165, 1.54) is 12.8 Å². The maximum atomic E-state index is 11.1. The van der Waals surface area contributed by atoms with Crippen molar-refractivity contribution in [3.8, 4) is 0 Å². The highest BCUT2D eigenvalue weighted by Crippen LogP contribution is 2.50. The molecule has 4 nitrogen and oxygen atoms in total. The number of hydrogen-bond donors (Lipinski definition) is 1. The molecule has 92 valence electrons. The number of rotatable bonds is 4. The van der Waals surface area contributed by atoms with Gasteiger partial charge in [0.25, 0.3) is 0 Å². The fraction of sp³-hybridized carbons (Fsp3) is 0.917. The Morgan fingerprint density at radius 3 is 2.62 bits per heavy atom. The highest BCUT2D eigenvalue weighted by Gasteiger charge is 2.48. The van der Waals surface area contributed by atoms with Gasteiger partial charge in [-0.3, -0.25) is 9.69 Å². The average Bonchev–Trinajstić information content (AvgIpc) is 2.83. The zero-order valence-electron chi connectivity index (χ0n) is 10.3. The third kappa shape index (κ3) is 1.96. The third-order valence-corrected chi connectivity index (χ3v) is 4.55. The fourth-order valence-corrected chi connectivity index (χ4v) is 2.57. The molecule has 0 aromatic rings. The number of carbonyl (C=O) groups is 1. The predicted octanol–water partition coefficient (Wildman–Crippen LogP) is 1.21. The van der Waals surface area contributed by atoms with Crippen LogP contribution >= 0.6 is 0 Å². The Balaban J connectivity index is 2.03. The zero-order chi connectivity index (χ0) is 11.9. The summed E-state index contributed by atoms with van der Waals surface area (Å²) < 4.78 is 5.31. The molecule has 0 amide bonds. The minimum Gasteiger partial charge on any atom is -0.481 e. The molecule has 1 N–H and O–H groups in total. The summed E-state index contributed by atoms with van der Waals surface area (Å²) in [6.07, 6.45) is 2.51. The van der Waals surface area contributed by atoms with Gasteiger partial charge in [-0.2, -0.15) is 0 Å². The van der Waals surface area contributed by atoms with Crippen LogP contribution in [0.3, 0.4) is 0 Å². The molecule has 1 heterocycles. The maximum absolute atomic E-state index is 11.1. The van der Waals surface area contributed by atoms with Crippen LogP contribution in [0.1, 0.15) is 26.7 Å². The van der Waals surface area contributed by atoms with Gasteiger partial charge in [-0.05, 0) is 32.2 Å². The predicted molar refractivity (Wildman–Crippen MR) is 60.3 cm³/mol. The summed E-state index contributed by atoms with van der Waals surface area (Å²) in [6, 6.07) is 0.464. The first kappa shape index (κ1) is 11.9. The first-order chi connectivity index (χ1) is 7.46. The lowest BCUT2D eigenvalue weighted by Gasteiger charge is -2.35. The SMILES string of the molecule is CC(N(C)C1COCC1C(=O)O)C1(C)CC1. The van der Waals surface area contributed by atoms with E-state index in [2.05, 4.69) is 18.7 Å². The van der Waals surface area contributed by atoms with Crippen molar-refractivity contribution in [3.63, 3.8) is 0 Å². The van der Waals surface area contributed by atoms with E-state index in [1.807, 2.05) is 7.05 Å². The van der Waals surface area contributed by atoms with E-state index in [0.29, 0.717) is 24.7 Å². The second kappa shape index (κ2) is 4.00. The molecule has 2 rings (SSSR count). The Kier molecular flexibility index (Phi) is 2.97. The summed E-state index contributed by atoms with van der Waals surface area (Å²) in [5.41, 5.74) is 0.389. The van der Waals surface area contributed by atoms with Gasteiger partial charge < -0.3 is 9.84 Å². The molecular weight excluding hydrogens is 206 g/mol. The first-order valence-corrected chi connectivity index (χ1v) is 5.98. The van der Waals surface area contributed by atoms with Gasteiger partial charge in [-0.25, -0.2) is 0 Å². The molecular formula is C12H21NO3. The van der Waals surface area contributed by atoms with Crippen LogP contribution < -0.4 is 0 Å². The average molecular weight is 227 g/mol. The fourth-order valence-electron chi connectivity index (χ4n) is 2.57. The van der Waals surface area contributed by atoms with Crippen molar-refractivity contribution in [1.82, 2.24) is 4.90 Å². The van der Waals surface area contributed by atoms with Gasteiger partial charge in [0.1, 0.15) is 0 Å². The molecule has 0 radical (unpaired) electrons. The van der Waals surface area contributed by atoms with Crippen molar-refractivity contribution in [2.45, 2.75) is 38.8 Å². The van der Waals surface area contributed by atoms with Gasteiger partial charge in [0.05, 0.1) is 19.1 Å². The van der Waals surface area contributed by atoms with Gasteiger partial charge in [0.15, 0.2) is 0 Å². The van der Waals surface area contributed by atoms with Crippen LogP contribution in [0.5, 0.6) is 0 Å². The van der Waals surface area contributed by atoms with Gasteiger partial charge in [0.2, 0.25) is 0 Å². The number of nitrogens with zero attached hydrogens (tertiary/aromatic N) is 1. The summed E-state index contributed by atoms with van der Waals surface area (Å²) >= 11 is 0. The lowest BCUT2D eigenvalue weighted by molar-refractivity contribution is -0.143. The molecule has 0 spiro atoms. The molecule has 3 atom stereocenters. The molecule has 16 heavy (non-hydrogen) atoms. The largest absolute Gasteiger partial charge is 0.481 e. The van der Waals surface area contributed by atoms with Crippen molar-refractivity contribution in [2.75, 3.05) is 20.3 Å². The summed E-state index contributed by atoms with van der Waals surface area (Å²) in [6.45, 7) is 5.38. The van der Waals surface area contributed by atoms with Crippen LogP contribution in [0.25, 0.3) is 0 Å². The Hall–Kier alpha value is -0.610. The summed E-state index contributed by atoms with van der Waals surface area (Å²) in [5.74, 6) is -1.10. The van der Waals surface area contributed by atoms with E-state index in [9.17, 15) is 4.79 Å². The van der Waals surface area contributed by atoms with E-state index >= 15 is 0 Å². The van der Waals surface area contributed by atoms with E-state index < -0.39 is 5.97 Å². The minimum atomic E-state index is -0.734. The lowest BCUT2D eigenvalue weighted by Crippen LogP contribution is -2.48. The molecule has 1 aliphatic carbocycles. The van der Waals surface area contributed by atoms with Crippen molar-refractivity contribution < 1.29 is 14.6 Å². The number of hydrogen-bond acceptors (Lipinski definition) is 3. The Labute approximate surface area is 96.6 Å². The summed E-state index contributed by atoms with van der Waals surface area (Å²) in [4.78, 5) is 13.3. The molecule has 1 saturated carbocycles. The van der Waals surface area contributed by atoms with E-state index in [1.54, 1.807) is 0 Å². The normalized spacial score (nSPS) is 34.0. The van der Waals surface area contributed by atoms with Gasteiger partial charge in [0, 0.05) is 12.1 Å². The van der Waals surface area contributed by atoms with Gasteiger partial charge in [-0.1, -0.05) is 6.92 Å². The number of carboxylic acid groups (broad SMARTS) is 1. The van der Waals surface area contributed by atoms with Crippen LogP contribution in [0, 0.1) is 11.3 Å². The molecule has 1 aliphatic heterocycles. The van der Waals surface area contributed by atoms with Gasteiger partial charge >= 0.3 is 5.97 Å². The topological polar surface area (TPSA) is 49.8 Å². The standard InChI is InChI=1S/C12H21NO3/c1-8(12(2)4-5-12)13(3)10-7-16-6-9(10)11(14)15/h8-10H,4-7H2,1-3H3,(H,14,15). The minimum absolute atomic E-state index is 0.0323. The Bertz CT molecular complexity index is 288. The van der Waals surface area contributed by atoms with E-state index in [4.69, 9.17) is 9.84 Å². The first-order valence-electron chi connectivity index (χ1n) is 5.98. The third-order valence-electron chi connectivity index (χ3n) is 4.55. The maximum Gasteiger partial charge on any atom is 0.310 e. The molecule has 2 fully saturated rings. The molecule has 3 unspecified atom stereocenters. The highest BCUT2D eigenvalue weighted by atomic mass is 16.5.